The van der Waals surface area contributed by atoms with E-state index in [1.807, 2.05) is 0 Å². The highest BCUT2D eigenvalue weighted by Crippen LogP contribution is 2.33. The number of amides is 1. The van der Waals surface area contributed by atoms with Crippen LogP contribution < -0.4 is 5.73 Å². The maximum atomic E-state index is 12.0. The summed E-state index contributed by atoms with van der Waals surface area (Å²) < 4.78 is 19.8. The van der Waals surface area contributed by atoms with Gasteiger partial charge in [-0.15, -0.1) is 0 Å². The lowest BCUT2D eigenvalue weighted by Crippen LogP contribution is -2.11. The fraction of sp³-hybridized carbons (Fsp3) is 0.300. The molecule has 0 spiro atoms. The molecule has 1 aliphatic rings. The molecule has 1 saturated carbocycles. The first-order valence-electron chi connectivity index (χ1n) is 4.69. The first-order chi connectivity index (χ1) is 7.01. The SMILES string of the molecule is N=S(=O)(c1ccc(C(N)=O)cc1)C1CC1. The van der Waals surface area contributed by atoms with Gasteiger partial charge in [0.1, 0.15) is 0 Å². The van der Waals surface area contributed by atoms with Crippen molar-refractivity contribution in [3.05, 3.63) is 29.8 Å². The molecule has 0 heterocycles. The van der Waals surface area contributed by atoms with Crippen LogP contribution in [-0.4, -0.2) is 15.4 Å². The van der Waals surface area contributed by atoms with Gasteiger partial charge in [0.15, 0.2) is 0 Å². The number of hydrogen-bond donors (Lipinski definition) is 2. The molecule has 4 nitrogen and oxygen atoms in total. The van der Waals surface area contributed by atoms with Crippen molar-refractivity contribution in [2.45, 2.75) is 23.0 Å². The molecule has 1 fully saturated rings. The summed E-state index contributed by atoms with van der Waals surface area (Å²) in [5.41, 5.74) is 5.47. The van der Waals surface area contributed by atoms with Crippen LogP contribution in [-0.2, 0) is 9.73 Å². The van der Waals surface area contributed by atoms with Gasteiger partial charge in [-0.05, 0) is 37.1 Å². The minimum atomic E-state index is -2.66. The fourth-order valence-electron chi connectivity index (χ4n) is 1.41. The second kappa shape index (κ2) is 3.34. The summed E-state index contributed by atoms with van der Waals surface area (Å²) in [7, 11) is -2.66. The zero-order valence-corrected chi connectivity index (χ0v) is 8.92. The van der Waals surface area contributed by atoms with Crippen molar-refractivity contribution in [3.63, 3.8) is 0 Å². The lowest BCUT2D eigenvalue weighted by atomic mass is 10.2. The van der Waals surface area contributed by atoms with Crippen molar-refractivity contribution in [2.24, 2.45) is 5.73 Å². The highest BCUT2D eigenvalue weighted by Gasteiger charge is 2.33. The number of carbonyl (C=O) groups excluding carboxylic acids is 1. The lowest BCUT2D eigenvalue weighted by molar-refractivity contribution is 0.1000. The largest absolute Gasteiger partial charge is 0.366 e. The van der Waals surface area contributed by atoms with Crippen LogP contribution in [0.2, 0.25) is 0 Å². The van der Waals surface area contributed by atoms with Gasteiger partial charge in [-0.2, -0.15) is 0 Å². The van der Waals surface area contributed by atoms with E-state index in [9.17, 15) is 9.00 Å². The molecule has 3 N–H and O–H groups in total. The Balaban J connectivity index is 2.35. The van der Waals surface area contributed by atoms with Crippen LogP contribution in [0.5, 0.6) is 0 Å². The highest BCUT2D eigenvalue weighted by molar-refractivity contribution is 7.93. The van der Waals surface area contributed by atoms with Gasteiger partial charge in [-0.3, -0.25) is 4.79 Å². The van der Waals surface area contributed by atoms with Crippen LogP contribution in [0.4, 0.5) is 0 Å². The highest BCUT2D eigenvalue weighted by atomic mass is 32.2. The van der Waals surface area contributed by atoms with Crippen molar-refractivity contribution in [1.82, 2.24) is 0 Å². The Morgan fingerprint density at radius 2 is 1.87 bits per heavy atom. The summed E-state index contributed by atoms with van der Waals surface area (Å²) in [5.74, 6) is -0.510. The Bertz CT molecular complexity index is 487. The number of carbonyl (C=O) groups is 1. The molecule has 0 saturated heterocycles. The van der Waals surface area contributed by atoms with Crippen LogP contribution in [0.15, 0.2) is 29.2 Å². The van der Waals surface area contributed by atoms with Crippen molar-refractivity contribution in [3.8, 4) is 0 Å². The fourth-order valence-corrected chi connectivity index (χ4v) is 3.14. The summed E-state index contributed by atoms with van der Waals surface area (Å²) in [5, 5.41) is -0.00284. The molecular weight excluding hydrogens is 212 g/mol. The first-order valence-corrected chi connectivity index (χ1v) is 6.31. The average molecular weight is 224 g/mol. The van der Waals surface area contributed by atoms with Crippen LogP contribution in [0, 0.1) is 4.78 Å². The first kappa shape index (κ1) is 10.2. The predicted octanol–water partition coefficient (Wildman–Crippen LogP) is 1.35. The van der Waals surface area contributed by atoms with Crippen LogP contribution in [0.25, 0.3) is 0 Å². The molecule has 80 valence electrons. The summed E-state index contributed by atoms with van der Waals surface area (Å²) in [6.45, 7) is 0. The Hall–Kier alpha value is -1.36. The van der Waals surface area contributed by atoms with Crippen LogP contribution in [0.3, 0.4) is 0 Å². The third-order valence-corrected chi connectivity index (χ3v) is 4.87. The van der Waals surface area contributed by atoms with Crippen LogP contribution >= 0.6 is 0 Å². The van der Waals surface area contributed by atoms with Gasteiger partial charge in [-0.25, -0.2) is 8.99 Å². The van der Waals surface area contributed by atoms with Gasteiger partial charge in [0.2, 0.25) is 5.91 Å². The second-order valence-electron chi connectivity index (χ2n) is 3.69. The van der Waals surface area contributed by atoms with E-state index >= 15 is 0 Å². The van der Waals surface area contributed by atoms with E-state index in [1.165, 1.54) is 12.1 Å². The summed E-state index contributed by atoms with van der Waals surface area (Å²) in [6.07, 6.45) is 1.72. The van der Waals surface area contributed by atoms with Gasteiger partial charge < -0.3 is 5.73 Å². The molecular formula is C10H12N2O2S. The molecule has 1 amide bonds. The second-order valence-corrected chi connectivity index (χ2v) is 6.03. The maximum Gasteiger partial charge on any atom is 0.248 e. The van der Waals surface area contributed by atoms with E-state index < -0.39 is 15.6 Å². The number of nitrogens with two attached hydrogens (primary N) is 1. The molecule has 1 atom stereocenters. The standard InChI is InChI=1S/C10H12N2O2S/c11-10(13)7-1-3-8(4-2-7)15(12,14)9-5-6-9/h1-4,9,12H,5-6H2,(H2,11,13). The molecule has 1 aliphatic carbocycles. The quantitative estimate of drug-likeness (QED) is 0.812. The number of rotatable bonds is 3. The summed E-state index contributed by atoms with van der Waals surface area (Å²) >= 11 is 0. The number of hydrogen-bond acceptors (Lipinski definition) is 3. The molecule has 1 unspecified atom stereocenters. The number of nitrogens with one attached hydrogen (secondary N) is 1. The third-order valence-electron chi connectivity index (χ3n) is 2.48. The molecule has 0 aromatic heterocycles. The van der Waals surface area contributed by atoms with E-state index in [4.69, 9.17) is 10.5 Å². The molecule has 5 heteroatoms. The average Bonchev–Trinajstić information content (AvgIpc) is 3.01. The maximum absolute atomic E-state index is 12.0. The Morgan fingerprint density at radius 1 is 1.33 bits per heavy atom. The van der Waals surface area contributed by atoms with E-state index in [-0.39, 0.29) is 5.25 Å². The van der Waals surface area contributed by atoms with E-state index in [1.54, 1.807) is 12.1 Å². The smallest absolute Gasteiger partial charge is 0.248 e. The monoisotopic (exact) mass is 224 g/mol. The third kappa shape index (κ3) is 1.87. The summed E-state index contributed by atoms with van der Waals surface area (Å²) in [4.78, 5) is 11.3. The van der Waals surface area contributed by atoms with Gasteiger partial charge in [0.25, 0.3) is 0 Å². The molecule has 1 aromatic carbocycles. The van der Waals surface area contributed by atoms with Crippen LogP contribution in [0.1, 0.15) is 23.2 Å². The zero-order chi connectivity index (χ0) is 11.1. The van der Waals surface area contributed by atoms with Gasteiger partial charge >= 0.3 is 0 Å². The molecule has 0 bridgehead atoms. The Kier molecular flexibility index (Phi) is 2.26. The minimum absolute atomic E-state index is 0.00284. The van der Waals surface area contributed by atoms with Crippen molar-refractivity contribution in [1.29, 1.82) is 4.78 Å². The molecule has 15 heavy (non-hydrogen) atoms. The minimum Gasteiger partial charge on any atom is -0.366 e. The van der Waals surface area contributed by atoms with E-state index in [2.05, 4.69) is 0 Å². The molecule has 1 aromatic rings. The van der Waals surface area contributed by atoms with Crippen molar-refractivity contribution in [2.75, 3.05) is 0 Å². The van der Waals surface area contributed by atoms with Gasteiger partial charge in [0, 0.05) is 15.7 Å². The Labute approximate surface area is 88.5 Å². The number of benzene rings is 1. The number of primary amides is 1. The van der Waals surface area contributed by atoms with Gasteiger partial charge in [0.05, 0.1) is 9.73 Å². The zero-order valence-electron chi connectivity index (χ0n) is 8.10. The normalized spacial score (nSPS) is 19.5. The summed E-state index contributed by atoms with van der Waals surface area (Å²) in [6, 6.07) is 6.17. The topological polar surface area (TPSA) is 84.0 Å². The van der Waals surface area contributed by atoms with Crippen molar-refractivity contribution >= 4 is 15.6 Å². The molecule has 2 rings (SSSR count). The Morgan fingerprint density at radius 3 is 2.27 bits per heavy atom. The van der Waals surface area contributed by atoms with E-state index in [0.29, 0.717) is 10.5 Å². The predicted molar refractivity (Wildman–Crippen MR) is 57.1 cm³/mol. The van der Waals surface area contributed by atoms with Gasteiger partial charge in [-0.1, -0.05) is 0 Å². The lowest BCUT2D eigenvalue weighted by Gasteiger charge is -2.05. The molecule has 0 aliphatic heterocycles. The van der Waals surface area contributed by atoms with Crippen molar-refractivity contribution < 1.29 is 9.00 Å². The van der Waals surface area contributed by atoms with E-state index in [0.717, 1.165) is 12.8 Å². The molecule has 0 radical (unpaired) electrons.